The van der Waals surface area contributed by atoms with Crippen molar-refractivity contribution in [2.24, 2.45) is 10.7 Å². The van der Waals surface area contributed by atoms with E-state index in [4.69, 9.17) is 10.5 Å². The Balaban J connectivity index is 0.00000280. The van der Waals surface area contributed by atoms with Gasteiger partial charge in [-0.15, -0.1) is 24.0 Å². The zero-order valence-electron chi connectivity index (χ0n) is 14.8. The van der Waals surface area contributed by atoms with E-state index in [1.54, 1.807) is 24.3 Å². The zero-order chi connectivity index (χ0) is 19.1. The van der Waals surface area contributed by atoms with Gasteiger partial charge in [-0.2, -0.15) is 0 Å². The van der Waals surface area contributed by atoms with Crippen LogP contribution in [-0.2, 0) is 6.54 Å². The topological polar surface area (TPSA) is 103 Å². The van der Waals surface area contributed by atoms with Gasteiger partial charge in [-0.25, -0.2) is 4.99 Å². The van der Waals surface area contributed by atoms with Crippen molar-refractivity contribution in [2.75, 3.05) is 5.32 Å². The quantitative estimate of drug-likeness (QED) is 0.168. The Labute approximate surface area is 179 Å². The number of nitrogens with one attached hydrogen (secondary N) is 1. The van der Waals surface area contributed by atoms with Gasteiger partial charge in [0.25, 0.3) is 5.69 Å². The Hall–Kier alpha value is -3.14. The molecule has 3 aromatic rings. The van der Waals surface area contributed by atoms with Gasteiger partial charge in [0.05, 0.1) is 17.0 Å². The summed E-state index contributed by atoms with van der Waals surface area (Å²) in [6.07, 6.45) is 0. The van der Waals surface area contributed by atoms with Gasteiger partial charge in [-0.05, 0) is 24.3 Å². The van der Waals surface area contributed by atoms with Crippen LogP contribution in [0.4, 0.5) is 11.4 Å². The zero-order valence-corrected chi connectivity index (χ0v) is 17.1. The van der Waals surface area contributed by atoms with Crippen molar-refractivity contribution in [3.8, 4) is 11.5 Å². The van der Waals surface area contributed by atoms with Crippen LogP contribution in [0.5, 0.6) is 11.5 Å². The number of halogens is 1. The van der Waals surface area contributed by atoms with E-state index in [-0.39, 0.29) is 42.2 Å². The largest absolute Gasteiger partial charge is 0.457 e. The molecule has 0 unspecified atom stereocenters. The number of ether oxygens (including phenoxy) is 1. The van der Waals surface area contributed by atoms with Crippen LogP contribution in [-0.4, -0.2) is 10.9 Å². The van der Waals surface area contributed by atoms with Crippen molar-refractivity contribution >= 4 is 41.3 Å². The summed E-state index contributed by atoms with van der Waals surface area (Å²) in [4.78, 5) is 14.8. The van der Waals surface area contributed by atoms with Crippen molar-refractivity contribution in [1.82, 2.24) is 0 Å². The highest BCUT2D eigenvalue weighted by atomic mass is 127. The Morgan fingerprint density at radius 1 is 1.00 bits per heavy atom. The van der Waals surface area contributed by atoms with E-state index in [1.165, 1.54) is 6.07 Å². The molecule has 0 atom stereocenters. The molecule has 3 N–H and O–H groups in total. The Kier molecular flexibility index (Phi) is 7.76. The predicted molar refractivity (Wildman–Crippen MR) is 120 cm³/mol. The predicted octanol–water partition coefficient (Wildman–Crippen LogP) is 4.93. The van der Waals surface area contributed by atoms with Crippen LogP contribution in [0.3, 0.4) is 0 Å². The number of nitrogens with two attached hydrogens (primary N) is 1. The molecule has 3 aromatic carbocycles. The Bertz CT molecular complexity index is 964. The van der Waals surface area contributed by atoms with Gasteiger partial charge in [0.15, 0.2) is 5.96 Å². The minimum Gasteiger partial charge on any atom is -0.457 e. The molecule has 3 rings (SSSR count). The van der Waals surface area contributed by atoms with Crippen molar-refractivity contribution < 1.29 is 9.66 Å². The van der Waals surface area contributed by atoms with Gasteiger partial charge in [-0.1, -0.05) is 42.5 Å². The fourth-order valence-electron chi connectivity index (χ4n) is 2.44. The SMILES string of the molecule is I.NC(=NCc1ccccc1[N+](=O)[O-])Nc1cccc(Oc2ccccc2)c1. The highest BCUT2D eigenvalue weighted by Gasteiger charge is 2.11. The molecule has 0 radical (unpaired) electrons. The van der Waals surface area contributed by atoms with Crippen molar-refractivity contribution in [2.45, 2.75) is 6.54 Å². The van der Waals surface area contributed by atoms with E-state index in [0.717, 1.165) is 5.75 Å². The third-order valence-corrected chi connectivity index (χ3v) is 3.69. The van der Waals surface area contributed by atoms with Crippen molar-refractivity contribution in [3.63, 3.8) is 0 Å². The van der Waals surface area contributed by atoms with Crippen LogP contribution in [0.25, 0.3) is 0 Å². The van der Waals surface area contributed by atoms with E-state index in [0.29, 0.717) is 17.0 Å². The second kappa shape index (κ2) is 10.3. The van der Waals surface area contributed by atoms with E-state index < -0.39 is 4.92 Å². The summed E-state index contributed by atoms with van der Waals surface area (Å²) in [7, 11) is 0. The minimum absolute atomic E-state index is 0. The number of hydrogen-bond donors (Lipinski definition) is 2. The van der Waals surface area contributed by atoms with Crippen LogP contribution in [0, 0.1) is 10.1 Å². The van der Waals surface area contributed by atoms with E-state index >= 15 is 0 Å². The summed E-state index contributed by atoms with van der Waals surface area (Å²) < 4.78 is 5.78. The molecule has 0 aliphatic heterocycles. The normalized spacial score (nSPS) is 10.6. The van der Waals surface area contributed by atoms with Crippen molar-refractivity contribution in [1.29, 1.82) is 0 Å². The molecule has 0 bridgehead atoms. The molecule has 0 aromatic heterocycles. The molecule has 0 saturated heterocycles. The summed E-state index contributed by atoms with van der Waals surface area (Å²) in [5.74, 6) is 1.54. The van der Waals surface area contributed by atoms with Crippen LogP contribution < -0.4 is 15.8 Å². The molecule has 0 aliphatic carbocycles. The first kappa shape index (κ1) is 21.2. The number of nitro benzene ring substituents is 1. The highest BCUT2D eigenvalue weighted by Crippen LogP contribution is 2.24. The lowest BCUT2D eigenvalue weighted by Crippen LogP contribution is -2.22. The number of benzene rings is 3. The number of nitrogens with zero attached hydrogens (tertiary/aromatic N) is 2. The average molecular weight is 490 g/mol. The maximum atomic E-state index is 11.0. The van der Waals surface area contributed by atoms with E-state index in [1.807, 2.05) is 48.5 Å². The number of aliphatic imine (C=N–C) groups is 1. The van der Waals surface area contributed by atoms with Gasteiger partial charge in [0.1, 0.15) is 11.5 Å². The number of nitro groups is 1. The Morgan fingerprint density at radius 2 is 1.68 bits per heavy atom. The molecule has 0 fully saturated rings. The molecule has 144 valence electrons. The molecule has 0 heterocycles. The summed E-state index contributed by atoms with van der Waals surface area (Å²) in [5, 5.41) is 14.0. The molecule has 0 amide bonds. The molecular formula is C20H19IN4O3. The smallest absolute Gasteiger partial charge is 0.274 e. The molecule has 8 heteroatoms. The standard InChI is InChI=1S/C20H18N4O3.HI/c21-20(22-14-15-7-4-5-12-19(15)24(25)26)23-16-8-6-11-18(13-16)27-17-9-2-1-3-10-17;/h1-13H,14H2,(H3,21,22,23);1H. The van der Waals surface area contributed by atoms with E-state index in [9.17, 15) is 10.1 Å². The highest BCUT2D eigenvalue weighted by molar-refractivity contribution is 14.0. The first-order valence-electron chi connectivity index (χ1n) is 8.24. The molecule has 0 aliphatic rings. The molecule has 7 nitrogen and oxygen atoms in total. The fraction of sp³-hybridized carbons (Fsp3) is 0.0500. The van der Waals surface area contributed by atoms with Gasteiger partial charge < -0.3 is 15.8 Å². The molecule has 0 saturated carbocycles. The average Bonchev–Trinajstić information content (AvgIpc) is 2.67. The monoisotopic (exact) mass is 490 g/mol. The van der Waals surface area contributed by atoms with Crippen LogP contribution >= 0.6 is 24.0 Å². The summed E-state index contributed by atoms with van der Waals surface area (Å²) >= 11 is 0. The maximum absolute atomic E-state index is 11.0. The first-order chi connectivity index (χ1) is 13.1. The van der Waals surface area contributed by atoms with Gasteiger partial charge >= 0.3 is 0 Å². The maximum Gasteiger partial charge on any atom is 0.274 e. The third-order valence-electron chi connectivity index (χ3n) is 3.69. The second-order valence-corrected chi connectivity index (χ2v) is 5.66. The molecular weight excluding hydrogens is 471 g/mol. The number of para-hydroxylation sites is 2. The number of anilines is 1. The lowest BCUT2D eigenvalue weighted by Gasteiger charge is -2.09. The van der Waals surface area contributed by atoms with Crippen LogP contribution in [0.2, 0.25) is 0 Å². The molecule has 0 spiro atoms. The summed E-state index contributed by atoms with van der Waals surface area (Å²) in [6, 6.07) is 23.2. The van der Waals surface area contributed by atoms with Crippen LogP contribution in [0.1, 0.15) is 5.56 Å². The minimum atomic E-state index is -0.432. The van der Waals surface area contributed by atoms with Crippen molar-refractivity contribution in [3.05, 3.63) is 94.5 Å². The molecule has 28 heavy (non-hydrogen) atoms. The van der Waals surface area contributed by atoms with Gasteiger partial charge in [0.2, 0.25) is 0 Å². The lowest BCUT2D eigenvalue weighted by atomic mass is 10.2. The number of rotatable bonds is 6. The fourth-order valence-corrected chi connectivity index (χ4v) is 2.44. The first-order valence-corrected chi connectivity index (χ1v) is 8.24. The third kappa shape index (κ3) is 5.95. The summed E-state index contributed by atoms with van der Waals surface area (Å²) in [5.41, 5.74) is 7.13. The van der Waals surface area contributed by atoms with Gasteiger partial charge in [0, 0.05) is 17.8 Å². The number of guanidine groups is 1. The number of hydrogen-bond acceptors (Lipinski definition) is 4. The van der Waals surface area contributed by atoms with Crippen LogP contribution in [0.15, 0.2) is 83.9 Å². The second-order valence-electron chi connectivity index (χ2n) is 5.66. The summed E-state index contributed by atoms with van der Waals surface area (Å²) in [6.45, 7) is 0.107. The lowest BCUT2D eigenvalue weighted by molar-refractivity contribution is -0.385. The van der Waals surface area contributed by atoms with E-state index in [2.05, 4.69) is 10.3 Å². The Morgan fingerprint density at radius 3 is 2.43 bits per heavy atom. The van der Waals surface area contributed by atoms with Gasteiger partial charge in [-0.3, -0.25) is 10.1 Å².